The van der Waals surface area contributed by atoms with Crippen LogP contribution in [-0.2, 0) is 14.2 Å². The third-order valence-electron chi connectivity index (χ3n) is 9.44. The Morgan fingerprint density at radius 1 is 0.617 bits per heavy atom. The van der Waals surface area contributed by atoms with Crippen molar-refractivity contribution < 1.29 is 43.6 Å². The number of esters is 2. The van der Waals surface area contributed by atoms with Gasteiger partial charge in [0.05, 0.1) is 47.6 Å². The Morgan fingerprint density at radius 3 is 1.47 bits per heavy atom. The van der Waals surface area contributed by atoms with Crippen molar-refractivity contribution in [2.75, 3.05) is 19.8 Å². The van der Waals surface area contributed by atoms with E-state index in [0.29, 0.717) is 47.8 Å². The van der Waals surface area contributed by atoms with Crippen molar-refractivity contribution >= 4 is 23.5 Å². The van der Waals surface area contributed by atoms with E-state index in [-0.39, 0.29) is 18.3 Å². The maximum absolute atomic E-state index is 13.6. The molecule has 2 aromatic carbocycles. The van der Waals surface area contributed by atoms with Crippen molar-refractivity contribution in [1.29, 1.82) is 0 Å². The van der Waals surface area contributed by atoms with Crippen LogP contribution < -0.4 is 0 Å². The molecule has 3 rings (SSSR count). The van der Waals surface area contributed by atoms with Crippen molar-refractivity contribution in [3.63, 3.8) is 0 Å². The first kappa shape index (κ1) is 38.1. The molecule has 0 unspecified atom stereocenters. The molecule has 1 fully saturated rings. The van der Waals surface area contributed by atoms with Crippen molar-refractivity contribution in [3.05, 3.63) is 70.8 Å². The third-order valence-corrected chi connectivity index (χ3v) is 9.44. The van der Waals surface area contributed by atoms with Gasteiger partial charge in [-0.25, -0.2) is 9.59 Å². The van der Waals surface area contributed by atoms with Crippen LogP contribution in [0.1, 0.15) is 129 Å². The molecular weight excluding hydrogens is 600 g/mol. The molecule has 2 aromatic rings. The number of carbonyl (C=O) groups excluding carboxylic acids is 4. The molecule has 2 N–H and O–H groups in total. The second kappa shape index (κ2) is 15.2. The predicted octanol–water partition coefficient (Wildman–Crippen LogP) is 6.63. The number of Topliss-reactive ketones (excluding diaryl/α,β-unsaturated/α-hetero) is 2. The molecule has 9 nitrogen and oxygen atoms in total. The maximum Gasteiger partial charge on any atom is 0.338 e. The fourth-order valence-electron chi connectivity index (χ4n) is 5.33. The SMILES string of the molecule is CC(C)(O)CCOC(=O)c1ccc(C(=O)C(C)(C)C(C)(C)OCC2CCC(COC(=O)c3ccc(C(=O)C(C)(C)O)cc3)CC2)cc1. The van der Waals surface area contributed by atoms with Gasteiger partial charge < -0.3 is 24.4 Å². The monoisotopic (exact) mass is 652 g/mol. The largest absolute Gasteiger partial charge is 0.462 e. The van der Waals surface area contributed by atoms with Crippen molar-refractivity contribution in [2.24, 2.45) is 17.3 Å². The molecule has 1 saturated carbocycles. The summed E-state index contributed by atoms with van der Waals surface area (Å²) >= 11 is 0. The van der Waals surface area contributed by atoms with Crippen molar-refractivity contribution in [3.8, 4) is 0 Å². The summed E-state index contributed by atoms with van der Waals surface area (Å²) in [5, 5.41) is 19.7. The minimum absolute atomic E-state index is 0.0894. The van der Waals surface area contributed by atoms with Crippen LogP contribution in [0.4, 0.5) is 0 Å². The lowest BCUT2D eigenvalue weighted by Gasteiger charge is -2.41. The average Bonchev–Trinajstić information content (AvgIpc) is 3.01. The normalized spacial score (nSPS) is 17.6. The van der Waals surface area contributed by atoms with Crippen LogP contribution in [0.2, 0.25) is 0 Å². The van der Waals surface area contributed by atoms with Gasteiger partial charge in [0, 0.05) is 17.5 Å². The number of carbonyl (C=O) groups is 4. The van der Waals surface area contributed by atoms with Crippen LogP contribution in [0, 0.1) is 17.3 Å². The molecule has 9 heteroatoms. The molecule has 0 aromatic heterocycles. The van der Waals surface area contributed by atoms with Gasteiger partial charge in [0.25, 0.3) is 0 Å². The molecule has 0 spiro atoms. The van der Waals surface area contributed by atoms with Gasteiger partial charge >= 0.3 is 11.9 Å². The van der Waals surface area contributed by atoms with E-state index in [4.69, 9.17) is 14.2 Å². The minimum atomic E-state index is -1.48. The van der Waals surface area contributed by atoms with E-state index < -0.39 is 39.9 Å². The second-order valence-corrected chi connectivity index (χ2v) is 15.0. The zero-order chi connectivity index (χ0) is 35.2. The van der Waals surface area contributed by atoms with Gasteiger partial charge in [-0.3, -0.25) is 9.59 Å². The zero-order valence-electron chi connectivity index (χ0n) is 29.2. The summed E-state index contributed by atoms with van der Waals surface area (Å²) in [4.78, 5) is 50.7. The summed E-state index contributed by atoms with van der Waals surface area (Å²) in [6.07, 6.45) is 3.97. The minimum Gasteiger partial charge on any atom is -0.462 e. The van der Waals surface area contributed by atoms with E-state index in [0.717, 1.165) is 25.7 Å². The van der Waals surface area contributed by atoms with Gasteiger partial charge in [-0.05, 0) is 117 Å². The lowest BCUT2D eigenvalue weighted by Crippen LogP contribution is -2.48. The van der Waals surface area contributed by atoms with E-state index in [9.17, 15) is 29.4 Å². The highest BCUT2D eigenvalue weighted by molar-refractivity contribution is 6.03. The van der Waals surface area contributed by atoms with E-state index in [2.05, 4.69) is 0 Å². The Bertz CT molecular complexity index is 1380. The summed E-state index contributed by atoms with van der Waals surface area (Å²) in [6, 6.07) is 12.6. The first-order chi connectivity index (χ1) is 21.7. The highest BCUT2D eigenvalue weighted by Crippen LogP contribution is 2.39. The van der Waals surface area contributed by atoms with Crippen LogP contribution in [0.5, 0.6) is 0 Å². The van der Waals surface area contributed by atoms with Crippen LogP contribution in [-0.4, -0.2) is 70.3 Å². The van der Waals surface area contributed by atoms with Gasteiger partial charge in [-0.2, -0.15) is 0 Å². The molecule has 0 atom stereocenters. The molecule has 0 aliphatic heterocycles. The molecule has 0 saturated heterocycles. The van der Waals surface area contributed by atoms with Crippen LogP contribution in [0.15, 0.2) is 48.5 Å². The van der Waals surface area contributed by atoms with Crippen LogP contribution >= 0.6 is 0 Å². The molecule has 0 heterocycles. The molecule has 47 heavy (non-hydrogen) atoms. The van der Waals surface area contributed by atoms with Crippen LogP contribution in [0.3, 0.4) is 0 Å². The Morgan fingerprint density at radius 2 is 1.02 bits per heavy atom. The summed E-state index contributed by atoms with van der Waals surface area (Å²) in [5.74, 6) is -0.870. The predicted molar refractivity (Wildman–Crippen MR) is 179 cm³/mol. The summed E-state index contributed by atoms with van der Waals surface area (Å²) < 4.78 is 17.2. The number of aliphatic hydroxyl groups is 2. The Balaban J connectivity index is 1.45. The topological polar surface area (TPSA) is 136 Å². The fourth-order valence-corrected chi connectivity index (χ4v) is 5.33. The first-order valence-electron chi connectivity index (χ1n) is 16.4. The summed E-state index contributed by atoms with van der Waals surface area (Å²) in [7, 11) is 0. The van der Waals surface area contributed by atoms with E-state index in [1.807, 2.05) is 27.7 Å². The van der Waals surface area contributed by atoms with Gasteiger partial charge in [0.1, 0.15) is 5.60 Å². The highest BCUT2D eigenvalue weighted by Gasteiger charge is 2.45. The molecule has 0 radical (unpaired) electrons. The second-order valence-electron chi connectivity index (χ2n) is 15.0. The van der Waals surface area contributed by atoms with Gasteiger partial charge in [0.15, 0.2) is 11.6 Å². The number of ketones is 2. The number of hydrogen-bond donors (Lipinski definition) is 2. The maximum atomic E-state index is 13.6. The number of hydrogen-bond acceptors (Lipinski definition) is 9. The van der Waals surface area contributed by atoms with E-state index in [1.165, 1.54) is 38.1 Å². The average molecular weight is 653 g/mol. The van der Waals surface area contributed by atoms with Crippen LogP contribution in [0.25, 0.3) is 0 Å². The smallest absolute Gasteiger partial charge is 0.338 e. The van der Waals surface area contributed by atoms with Crippen molar-refractivity contribution in [2.45, 2.75) is 104 Å². The molecular formula is C38H52O9. The number of rotatable bonds is 15. The fraction of sp³-hybridized carbons (Fsp3) is 0.579. The van der Waals surface area contributed by atoms with E-state index in [1.54, 1.807) is 38.1 Å². The Hall–Kier alpha value is -3.40. The third kappa shape index (κ3) is 10.5. The standard InChI is InChI=1S/C38H52O9/c1-35(2,43)21-22-45-33(41)29-17-13-27(14-18-29)31(39)36(3,4)38(7,8)47-24-26-11-9-25(10-12-26)23-46-34(42)30-19-15-28(16-20-30)32(40)37(5,6)44/h13-20,25-26,43-44H,9-12,21-24H2,1-8H3. The quantitative estimate of drug-likeness (QED) is 0.161. The highest BCUT2D eigenvalue weighted by atomic mass is 16.5. The molecule has 1 aliphatic rings. The molecule has 0 bridgehead atoms. The number of ether oxygens (including phenoxy) is 3. The molecule has 0 amide bonds. The van der Waals surface area contributed by atoms with Gasteiger partial charge in [0.2, 0.25) is 0 Å². The van der Waals surface area contributed by atoms with Gasteiger partial charge in [-0.1, -0.05) is 24.3 Å². The summed E-state index contributed by atoms with van der Waals surface area (Å²) in [6.45, 7) is 14.7. The number of benzene rings is 2. The van der Waals surface area contributed by atoms with Gasteiger partial charge in [-0.15, -0.1) is 0 Å². The van der Waals surface area contributed by atoms with E-state index >= 15 is 0 Å². The van der Waals surface area contributed by atoms with Crippen molar-refractivity contribution in [1.82, 2.24) is 0 Å². The lowest BCUT2D eigenvalue weighted by molar-refractivity contribution is -0.0978. The molecule has 1 aliphatic carbocycles. The summed E-state index contributed by atoms with van der Waals surface area (Å²) in [5.41, 5.74) is -2.52. The lowest BCUT2D eigenvalue weighted by atomic mass is 9.71. The zero-order valence-corrected chi connectivity index (χ0v) is 29.2. The molecule has 258 valence electrons. The first-order valence-corrected chi connectivity index (χ1v) is 16.4. The Labute approximate surface area is 279 Å². The Kier molecular flexibility index (Phi) is 12.3.